The third kappa shape index (κ3) is 7.11. The highest BCUT2D eigenvalue weighted by molar-refractivity contribution is 6.33. The molecule has 9 heteroatoms. The van der Waals surface area contributed by atoms with Gasteiger partial charge in [-0.1, -0.05) is 35.9 Å². The predicted octanol–water partition coefficient (Wildman–Crippen LogP) is 4.23. The first-order chi connectivity index (χ1) is 13.1. The van der Waals surface area contributed by atoms with Crippen molar-refractivity contribution in [3.8, 4) is 5.75 Å². The van der Waals surface area contributed by atoms with Crippen LogP contribution >= 0.6 is 11.6 Å². The molecule has 5 nitrogen and oxygen atoms in total. The van der Waals surface area contributed by atoms with Crippen LogP contribution in [0.25, 0.3) is 0 Å². The van der Waals surface area contributed by atoms with E-state index in [0.29, 0.717) is 10.7 Å². The molecule has 0 aliphatic rings. The van der Waals surface area contributed by atoms with Crippen LogP contribution in [-0.2, 0) is 16.0 Å². The average molecular weight is 415 g/mol. The van der Waals surface area contributed by atoms with Crippen molar-refractivity contribution in [3.63, 3.8) is 0 Å². The molecule has 0 aliphatic heterocycles. The third-order valence-corrected chi connectivity index (χ3v) is 3.98. The predicted molar refractivity (Wildman–Crippen MR) is 99.3 cm³/mol. The summed E-state index contributed by atoms with van der Waals surface area (Å²) in [7, 11) is 0. The van der Waals surface area contributed by atoms with E-state index in [9.17, 15) is 22.8 Å². The number of alkyl halides is 3. The Kier molecular flexibility index (Phi) is 7.28. The number of rotatable bonds is 7. The van der Waals surface area contributed by atoms with Gasteiger partial charge >= 0.3 is 6.36 Å². The molecule has 0 aromatic heterocycles. The molecule has 0 unspecified atom stereocenters. The van der Waals surface area contributed by atoms with Crippen LogP contribution in [0.2, 0.25) is 5.02 Å². The molecular formula is C19H18ClF3N2O3. The van der Waals surface area contributed by atoms with Gasteiger partial charge in [0.2, 0.25) is 11.8 Å². The Labute approximate surface area is 164 Å². The van der Waals surface area contributed by atoms with Crippen LogP contribution in [0.3, 0.4) is 0 Å². The van der Waals surface area contributed by atoms with Crippen LogP contribution in [0.15, 0.2) is 42.5 Å². The van der Waals surface area contributed by atoms with E-state index in [-0.39, 0.29) is 30.7 Å². The van der Waals surface area contributed by atoms with Gasteiger partial charge in [-0.25, -0.2) is 0 Å². The first-order valence-corrected chi connectivity index (χ1v) is 8.68. The summed E-state index contributed by atoms with van der Waals surface area (Å²) >= 11 is 6.02. The highest BCUT2D eigenvalue weighted by Crippen LogP contribution is 2.27. The molecule has 0 atom stereocenters. The molecule has 0 spiro atoms. The Balaban J connectivity index is 1.82. The van der Waals surface area contributed by atoms with Crippen LogP contribution in [-0.4, -0.2) is 24.7 Å². The number of hydrogen-bond acceptors (Lipinski definition) is 3. The molecular weight excluding hydrogens is 397 g/mol. The van der Waals surface area contributed by atoms with Crippen molar-refractivity contribution < 1.29 is 27.5 Å². The van der Waals surface area contributed by atoms with Gasteiger partial charge in [0.1, 0.15) is 5.75 Å². The average Bonchev–Trinajstić information content (AvgIpc) is 2.60. The van der Waals surface area contributed by atoms with Gasteiger partial charge in [-0.2, -0.15) is 0 Å². The molecule has 0 radical (unpaired) electrons. The molecule has 0 saturated heterocycles. The quantitative estimate of drug-likeness (QED) is 0.712. The monoisotopic (exact) mass is 414 g/mol. The first kappa shape index (κ1) is 21.6. The number of hydrogen-bond donors (Lipinski definition) is 2. The van der Waals surface area contributed by atoms with Crippen LogP contribution in [0.4, 0.5) is 18.9 Å². The van der Waals surface area contributed by atoms with Gasteiger partial charge in [-0.15, -0.1) is 13.2 Å². The smallest absolute Gasteiger partial charge is 0.406 e. The minimum atomic E-state index is -4.81. The number of benzene rings is 2. The van der Waals surface area contributed by atoms with Crippen LogP contribution < -0.4 is 15.4 Å². The molecule has 28 heavy (non-hydrogen) atoms. The lowest BCUT2D eigenvalue weighted by Crippen LogP contribution is -2.33. The normalized spacial score (nSPS) is 11.0. The lowest BCUT2D eigenvalue weighted by atomic mass is 10.1. The Morgan fingerprint density at radius 1 is 1.11 bits per heavy atom. The van der Waals surface area contributed by atoms with Gasteiger partial charge in [-0.3, -0.25) is 9.59 Å². The lowest BCUT2D eigenvalue weighted by molar-refractivity contribution is -0.274. The van der Waals surface area contributed by atoms with Gasteiger partial charge in [0.15, 0.2) is 0 Å². The van der Waals surface area contributed by atoms with Crippen molar-refractivity contribution in [2.75, 3.05) is 11.9 Å². The first-order valence-electron chi connectivity index (χ1n) is 8.30. The van der Waals surface area contributed by atoms with Crippen molar-refractivity contribution in [3.05, 3.63) is 58.6 Å². The van der Waals surface area contributed by atoms with Crippen molar-refractivity contribution >= 4 is 29.1 Å². The maximum atomic E-state index is 12.4. The summed E-state index contributed by atoms with van der Waals surface area (Å²) in [4.78, 5) is 23.8. The summed E-state index contributed by atoms with van der Waals surface area (Å²) < 4.78 is 41.2. The number of para-hydroxylation sites is 1. The van der Waals surface area contributed by atoms with Crippen molar-refractivity contribution in [2.24, 2.45) is 0 Å². The molecule has 0 heterocycles. The van der Waals surface area contributed by atoms with Gasteiger partial charge < -0.3 is 15.4 Å². The van der Waals surface area contributed by atoms with Gasteiger partial charge in [0.05, 0.1) is 17.3 Å². The zero-order chi connectivity index (χ0) is 20.7. The van der Waals surface area contributed by atoms with Crippen molar-refractivity contribution in [1.82, 2.24) is 5.32 Å². The van der Waals surface area contributed by atoms with Gasteiger partial charge in [0, 0.05) is 6.42 Å². The summed E-state index contributed by atoms with van der Waals surface area (Å²) in [5.74, 6) is -1.30. The second kappa shape index (κ2) is 9.45. The Bertz CT molecular complexity index is 857. The number of anilines is 1. The number of ether oxygens (including phenoxy) is 1. The number of halogens is 4. The number of amides is 2. The van der Waals surface area contributed by atoms with E-state index in [0.717, 1.165) is 5.56 Å². The van der Waals surface area contributed by atoms with Crippen molar-refractivity contribution in [2.45, 2.75) is 26.1 Å². The van der Waals surface area contributed by atoms with E-state index in [1.807, 2.05) is 6.92 Å². The summed E-state index contributed by atoms with van der Waals surface area (Å²) in [5.41, 5.74) is 1.60. The molecule has 2 aromatic rings. The van der Waals surface area contributed by atoms with E-state index in [1.54, 1.807) is 24.3 Å². The Hall–Kier alpha value is -2.74. The summed E-state index contributed by atoms with van der Waals surface area (Å²) in [6, 6.07) is 10.7. The second-order valence-electron chi connectivity index (χ2n) is 5.96. The SMILES string of the molecule is Cc1ccc(NC(=O)CNC(=O)CCc2ccccc2OC(F)(F)F)c(Cl)c1. The molecule has 0 bridgehead atoms. The van der Waals surface area contributed by atoms with E-state index >= 15 is 0 Å². The van der Waals surface area contributed by atoms with Crippen LogP contribution in [0, 0.1) is 6.92 Å². The number of carbonyl (C=O) groups is 2. The van der Waals surface area contributed by atoms with E-state index in [4.69, 9.17) is 11.6 Å². The zero-order valence-corrected chi connectivity index (χ0v) is 15.7. The molecule has 0 fully saturated rings. The molecule has 2 N–H and O–H groups in total. The van der Waals surface area contributed by atoms with E-state index in [2.05, 4.69) is 15.4 Å². The maximum absolute atomic E-state index is 12.4. The fourth-order valence-electron chi connectivity index (χ4n) is 2.37. The number of nitrogens with one attached hydrogen (secondary N) is 2. The fraction of sp³-hybridized carbons (Fsp3) is 0.263. The number of carbonyl (C=O) groups excluding carboxylic acids is 2. The fourth-order valence-corrected chi connectivity index (χ4v) is 2.65. The van der Waals surface area contributed by atoms with Crippen LogP contribution in [0.5, 0.6) is 5.75 Å². The van der Waals surface area contributed by atoms with Gasteiger partial charge in [-0.05, 0) is 42.7 Å². The third-order valence-electron chi connectivity index (χ3n) is 3.66. The topological polar surface area (TPSA) is 67.4 Å². The van der Waals surface area contributed by atoms with Gasteiger partial charge in [0.25, 0.3) is 0 Å². The minimum Gasteiger partial charge on any atom is -0.406 e. The second-order valence-corrected chi connectivity index (χ2v) is 6.37. The molecule has 0 aliphatic carbocycles. The summed E-state index contributed by atoms with van der Waals surface area (Å²) in [6.07, 6.45) is -4.88. The van der Waals surface area contributed by atoms with E-state index in [1.165, 1.54) is 18.2 Å². The molecule has 2 amide bonds. The molecule has 150 valence electrons. The van der Waals surface area contributed by atoms with E-state index < -0.39 is 18.2 Å². The summed E-state index contributed by atoms with van der Waals surface area (Å²) in [6.45, 7) is 1.57. The largest absolute Gasteiger partial charge is 0.573 e. The standard InChI is InChI=1S/C19H18ClF3N2O3/c1-12-6-8-15(14(20)10-12)25-18(27)11-24-17(26)9-7-13-4-2-3-5-16(13)28-19(21,22)23/h2-6,8,10H,7,9,11H2,1H3,(H,24,26)(H,25,27). The highest BCUT2D eigenvalue weighted by Gasteiger charge is 2.31. The Morgan fingerprint density at radius 2 is 1.82 bits per heavy atom. The highest BCUT2D eigenvalue weighted by atomic mass is 35.5. The maximum Gasteiger partial charge on any atom is 0.573 e. The molecule has 2 aromatic carbocycles. The zero-order valence-electron chi connectivity index (χ0n) is 14.9. The minimum absolute atomic E-state index is 0.0312. The Morgan fingerprint density at radius 3 is 2.50 bits per heavy atom. The summed E-state index contributed by atoms with van der Waals surface area (Å²) in [5, 5.41) is 5.36. The van der Waals surface area contributed by atoms with Crippen molar-refractivity contribution in [1.29, 1.82) is 0 Å². The lowest BCUT2D eigenvalue weighted by Gasteiger charge is -2.13. The number of aryl methyl sites for hydroxylation is 2. The molecule has 0 saturated carbocycles. The molecule has 2 rings (SSSR count). The van der Waals surface area contributed by atoms with Crippen LogP contribution in [0.1, 0.15) is 17.5 Å².